The molecule has 0 aliphatic rings. The topological polar surface area (TPSA) is 89.9 Å². The fraction of sp³-hybridized carbons (Fsp3) is 0.286. The molecule has 0 spiro atoms. The van der Waals surface area contributed by atoms with Crippen molar-refractivity contribution < 1.29 is 29.0 Å². The molecule has 0 aliphatic carbocycles. The number of hydrogen-bond acceptors (Lipinski definition) is 5. The highest BCUT2D eigenvalue weighted by molar-refractivity contribution is 6.10. The highest BCUT2D eigenvalue weighted by atomic mass is 16.5. The van der Waals surface area contributed by atoms with Crippen molar-refractivity contribution >= 4 is 28.7 Å². The zero-order valence-corrected chi connectivity index (χ0v) is 23.9. The van der Waals surface area contributed by atoms with Gasteiger partial charge in [-0.25, -0.2) is 14.4 Å². The highest BCUT2D eigenvalue weighted by Gasteiger charge is 2.26. The van der Waals surface area contributed by atoms with Crippen LogP contribution >= 0.6 is 0 Å². The molecule has 0 bridgehead atoms. The van der Waals surface area contributed by atoms with Gasteiger partial charge in [0.2, 0.25) is 0 Å². The number of hydrogen-bond donors (Lipinski definition) is 1. The molecule has 212 valence electrons. The van der Waals surface area contributed by atoms with Crippen molar-refractivity contribution in [1.82, 2.24) is 0 Å². The van der Waals surface area contributed by atoms with E-state index < -0.39 is 24.0 Å². The van der Waals surface area contributed by atoms with E-state index in [0.29, 0.717) is 29.0 Å². The first kappa shape index (κ1) is 29.5. The summed E-state index contributed by atoms with van der Waals surface area (Å²) < 4.78 is 11.5. The predicted molar refractivity (Wildman–Crippen MR) is 160 cm³/mol. The molecule has 0 heterocycles. The van der Waals surface area contributed by atoms with Crippen molar-refractivity contribution in [3.63, 3.8) is 0 Å². The Labute approximate surface area is 240 Å². The summed E-state index contributed by atoms with van der Waals surface area (Å²) in [7, 11) is 0. The molecule has 0 saturated heterocycles. The molecule has 6 heteroatoms. The molecule has 4 aromatic rings. The maximum atomic E-state index is 13.5. The third-order valence-corrected chi connectivity index (χ3v) is 7.59. The first-order chi connectivity index (χ1) is 19.7. The Kier molecular flexibility index (Phi) is 9.56. The first-order valence-corrected chi connectivity index (χ1v) is 14.1. The summed E-state index contributed by atoms with van der Waals surface area (Å²) >= 11 is 0. The number of carbonyl (C=O) groups excluding carboxylic acids is 2. The number of carboxylic acid groups (broad SMARTS) is 1. The quantitative estimate of drug-likeness (QED) is 0.188. The monoisotopic (exact) mass is 552 g/mol. The maximum Gasteiger partial charge on any atom is 0.339 e. The van der Waals surface area contributed by atoms with Gasteiger partial charge >= 0.3 is 17.9 Å². The van der Waals surface area contributed by atoms with E-state index in [2.05, 4.69) is 13.8 Å². The first-order valence-electron chi connectivity index (χ1n) is 14.1. The number of ether oxygens (including phenoxy) is 2. The summed E-state index contributed by atoms with van der Waals surface area (Å²) in [5.74, 6) is -1.90. The Morgan fingerprint density at radius 2 is 1.44 bits per heavy atom. The number of fused-ring (bicyclic) bond motifs is 1. The van der Waals surface area contributed by atoms with Crippen LogP contribution < -0.4 is 0 Å². The molecule has 0 radical (unpaired) electrons. The zero-order chi connectivity index (χ0) is 29.5. The number of carboxylic acids is 1. The fourth-order valence-corrected chi connectivity index (χ4v) is 5.22. The van der Waals surface area contributed by atoms with Crippen molar-refractivity contribution in [1.29, 1.82) is 0 Å². The molecule has 0 fully saturated rings. The van der Waals surface area contributed by atoms with Gasteiger partial charge in [-0.1, -0.05) is 93.4 Å². The second kappa shape index (κ2) is 13.3. The Bertz CT molecular complexity index is 1540. The zero-order valence-electron chi connectivity index (χ0n) is 23.9. The van der Waals surface area contributed by atoms with Crippen LogP contribution in [-0.4, -0.2) is 29.1 Å². The van der Waals surface area contributed by atoms with Crippen molar-refractivity contribution in [3.05, 3.63) is 107 Å². The lowest BCUT2D eigenvalue weighted by atomic mass is 9.91. The summed E-state index contributed by atoms with van der Waals surface area (Å²) in [6.45, 7) is 7.89. The van der Waals surface area contributed by atoms with Gasteiger partial charge in [0.05, 0.1) is 22.8 Å². The minimum absolute atomic E-state index is 0.0177. The van der Waals surface area contributed by atoms with E-state index >= 15 is 0 Å². The second-order valence-electron chi connectivity index (χ2n) is 10.4. The van der Waals surface area contributed by atoms with Gasteiger partial charge in [-0.15, -0.1) is 0 Å². The molecule has 1 N–H and O–H groups in total. The summed E-state index contributed by atoms with van der Waals surface area (Å²) in [6, 6.07) is 25.0. The predicted octanol–water partition coefficient (Wildman–Crippen LogP) is 8.49. The smallest absolute Gasteiger partial charge is 0.339 e. The van der Waals surface area contributed by atoms with E-state index in [1.54, 1.807) is 30.3 Å². The van der Waals surface area contributed by atoms with Gasteiger partial charge in [0, 0.05) is 0 Å². The molecule has 0 aliphatic heterocycles. The fourth-order valence-electron chi connectivity index (χ4n) is 5.22. The van der Waals surface area contributed by atoms with Gasteiger partial charge < -0.3 is 14.6 Å². The SMILES string of the molecule is CCC(CC)C[C@@H](C)OC(=O)c1c(C(=O)O)cccc1-c1cccc2cc(C(=O)O[C@H](C)c3ccccc3)ccc12. The van der Waals surface area contributed by atoms with Crippen molar-refractivity contribution in [3.8, 4) is 11.1 Å². The van der Waals surface area contributed by atoms with Crippen LogP contribution in [0.25, 0.3) is 21.9 Å². The molecule has 41 heavy (non-hydrogen) atoms. The van der Waals surface area contributed by atoms with Gasteiger partial charge in [0.1, 0.15) is 6.10 Å². The lowest BCUT2D eigenvalue weighted by Crippen LogP contribution is -2.21. The van der Waals surface area contributed by atoms with Crippen LogP contribution in [0.1, 0.15) is 89.7 Å². The molecule has 4 aromatic carbocycles. The average Bonchev–Trinajstić information content (AvgIpc) is 2.99. The number of aromatic carboxylic acids is 1. The second-order valence-corrected chi connectivity index (χ2v) is 10.4. The maximum absolute atomic E-state index is 13.5. The van der Waals surface area contributed by atoms with E-state index in [4.69, 9.17) is 9.47 Å². The van der Waals surface area contributed by atoms with Gasteiger partial charge in [-0.2, -0.15) is 0 Å². The van der Waals surface area contributed by atoms with E-state index in [-0.39, 0.29) is 17.2 Å². The summed E-state index contributed by atoms with van der Waals surface area (Å²) in [4.78, 5) is 38.6. The molecule has 6 nitrogen and oxygen atoms in total. The standard InChI is InChI=1S/C35H36O6/c1-5-24(6-2)20-22(3)40-35(39)32-30(16-11-17-31(32)33(36)37)29-15-10-14-26-21-27(18-19-28(26)29)34(38)41-23(4)25-12-8-7-9-13-25/h7-19,21-24H,5-6,20H2,1-4H3,(H,36,37)/t22-,23-/m1/s1. The molecule has 0 saturated carbocycles. The summed E-state index contributed by atoms with van der Waals surface area (Å²) in [5.41, 5.74) is 2.33. The Balaban J connectivity index is 1.69. The van der Waals surface area contributed by atoms with Crippen LogP contribution in [0.5, 0.6) is 0 Å². The van der Waals surface area contributed by atoms with Crippen LogP contribution in [0.15, 0.2) is 84.9 Å². The van der Waals surface area contributed by atoms with E-state index in [0.717, 1.165) is 29.2 Å². The number of rotatable bonds is 11. The Morgan fingerprint density at radius 1 is 0.756 bits per heavy atom. The van der Waals surface area contributed by atoms with Gasteiger partial charge in [-0.05, 0) is 71.8 Å². The largest absolute Gasteiger partial charge is 0.478 e. The number of carbonyl (C=O) groups is 3. The minimum atomic E-state index is -1.20. The molecule has 2 atom stereocenters. The minimum Gasteiger partial charge on any atom is -0.478 e. The van der Waals surface area contributed by atoms with Crippen LogP contribution in [0.4, 0.5) is 0 Å². The highest BCUT2D eigenvalue weighted by Crippen LogP contribution is 2.34. The van der Waals surface area contributed by atoms with Crippen LogP contribution in [0, 0.1) is 5.92 Å². The number of benzene rings is 4. The third-order valence-electron chi connectivity index (χ3n) is 7.59. The van der Waals surface area contributed by atoms with E-state index in [9.17, 15) is 19.5 Å². The van der Waals surface area contributed by atoms with Crippen molar-refractivity contribution in [2.24, 2.45) is 5.92 Å². The van der Waals surface area contributed by atoms with Crippen LogP contribution in [0.3, 0.4) is 0 Å². The van der Waals surface area contributed by atoms with Gasteiger partial charge in [-0.3, -0.25) is 0 Å². The summed E-state index contributed by atoms with van der Waals surface area (Å²) in [6.07, 6.45) is 1.89. The molecule has 0 unspecified atom stereocenters. The van der Waals surface area contributed by atoms with E-state index in [1.807, 2.05) is 62.4 Å². The Morgan fingerprint density at radius 3 is 2.12 bits per heavy atom. The van der Waals surface area contributed by atoms with Crippen LogP contribution in [0.2, 0.25) is 0 Å². The van der Waals surface area contributed by atoms with Crippen LogP contribution in [-0.2, 0) is 9.47 Å². The summed E-state index contributed by atoms with van der Waals surface area (Å²) in [5, 5.41) is 11.5. The van der Waals surface area contributed by atoms with E-state index in [1.165, 1.54) is 6.07 Å². The average molecular weight is 553 g/mol. The Hall–Kier alpha value is -4.45. The molecular weight excluding hydrogens is 516 g/mol. The van der Waals surface area contributed by atoms with Crippen molar-refractivity contribution in [2.75, 3.05) is 0 Å². The van der Waals surface area contributed by atoms with Gasteiger partial charge in [0.25, 0.3) is 0 Å². The lowest BCUT2D eigenvalue weighted by Gasteiger charge is -2.20. The number of esters is 2. The molecular formula is C35H36O6. The molecule has 0 amide bonds. The molecule has 4 rings (SSSR count). The normalized spacial score (nSPS) is 12.6. The molecule has 0 aromatic heterocycles. The van der Waals surface area contributed by atoms with Gasteiger partial charge in [0.15, 0.2) is 0 Å². The third kappa shape index (κ3) is 6.83. The van der Waals surface area contributed by atoms with Crippen molar-refractivity contribution in [2.45, 2.75) is 59.2 Å². The lowest BCUT2D eigenvalue weighted by molar-refractivity contribution is 0.0280.